The van der Waals surface area contributed by atoms with Crippen LogP contribution >= 0.6 is 11.5 Å². The molecule has 11 heavy (non-hydrogen) atoms. The molecular weight excluding hydrogens is 158 g/mol. The van der Waals surface area contributed by atoms with Crippen LogP contribution in [-0.4, -0.2) is 16.6 Å². The fourth-order valence-corrected chi connectivity index (χ4v) is 1.46. The minimum absolute atomic E-state index is 1.00. The van der Waals surface area contributed by atoms with Crippen molar-refractivity contribution < 1.29 is 5.11 Å². The second-order valence-corrected chi connectivity index (χ2v) is 2.70. The highest BCUT2D eigenvalue weighted by molar-refractivity contribution is 7.13. The number of rotatable bonds is 0. The molecule has 2 aromatic rings. The highest BCUT2D eigenvalue weighted by atomic mass is 32.1. The van der Waals surface area contributed by atoms with Crippen molar-refractivity contribution in [2.45, 2.75) is 0 Å². The smallest absolute Gasteiger partial charge is 0.0549 e. The Kier molecular flexibility index (Phi) is 3.01. The molecule has 0 spiro atoms. The number of fused-ring (bicyclic) bond motifs is 1. The van der Waals surface area contributed by atoms with Crippen molar-refractivity contribution in [3.63, 3.8) is 0 Å². The van der Waals surface area contributed by atoms with Crippen molar-refractivity contribution in [2.75, 3.05) is 7.11 Å². The first-order valence-electron chi connectivity index (χ1n) is 3.21. The maximum atomic E-state index is 7.00. The molecule has 1 N–H and O–H groups in total. The number of benzene rings is 1. The number of nitrogens with zero attached hydrogens (tertiary/aromatic N) is 1. The van der Waals surface area contributed by atoms with Crippen LogP contribution in [0, 0.1) is 0 Å². The van der Waals surface area contributed by atoms with Crippen molar-refractivity contribution in [2.24, 2.45) is 0 Å². The van der Waals surface area contributed by atoms with E-state index in [0.717, 1.165) is 7.11 Å². The van der Waals surface area contributed by atoms with Gasteiger partial charge in [0.05, 0.1) is 4.70 Å². The van der Waals surface area contributed by atoms with E-state index in [2.05, 4.69) is 16.5 Å². The Labute approximate surface area is 69.3 Å². The zero-order chi connectivity index (χ0) is 8.10. The van der Waals surface area contributed by atoms with Crippen LogP contribution in [0.15, 0.2) is 30.5 Å². The van der Waals surface area contributed by atoms with Crippen LogP contribution in [0.5, 0.6) is 0 Å². The molecule has 0 aliphatic heterocycles. The lowest BCUT2D eigenvalue weighted by Gasteiger charge is -1.80. The lowest BCUT2D eigenvalue weighted by molar-refractivity contribution is 0.399. The predicted molar refractivity (Wildman–Crippen MR) is 47.8 cm³/mol. The standard InChI is InChI=1S/C7H5NS.CH4O/c1-2-4-7-6(3-1)5-8-9-7;1-2/h1-5H;2H,1H3. The molecule has 2 rings (SSSR count). The van der Waals surface area contributed by atoms with Crippen molar-refractivity contribution in [1.82, 2.24) is 4.37 Å². The summed E-state index contributed by atoms with van der Waals surface area (Å²) in [6, 6.07) is 8.20. The number of aliphatic hydroxyl groups excluding tert-OH is 1. The summed E-state index contributed by atoms with van der Waals surface area (Å²) >= 11 is 1.54. The molecule has 0 fully saturated rings. The van der Waals surface area contributed by atoms with Crippen molar-refractivity contribution >= 4 is 21.6 Å². The molecule has 1 aromatic heterocycles. The summed E-state index contributed by atoms with van der Waals surface area (Å²) in [5.41, 5.74) is 0. The second-order valence-electron chi connectivity index (χ2n) is 1.86. The topological polar surface area (TPSA) is 33.1 Å². The van der Waals surface area contributed by atoms with Gasteiger partial charge in [0, 0.05) is 18.7 Å². The van der Waals surface area contributed by atoms with Gasteiger partial charge in [0.15, 0.2) is 0 Å². The zero-order valence-electron chi connectivity index (χ0n) is 6.19. The van der Waals surface area contributed by atoms with E-state index >= 15 is 0 Å². The van der Waals surface area contributed by atoms with Crippen LogP contribution in [0.4, 0.5) is 0 Å². The Hall–Kier alpha value is -0.930. The number of hydrogen-bond donors (Lipinski definition) is 1. The maximum Gasteiger partial charge on any atom is 0.0549 e. The summed E-state index contributed by atoms with van der Waals surface area (Å²) in [6.07, 6.45) is 1.89. The molecule has 1 heterocycles. The van der Waals surface area contributed by atoms with Gasteiger partial charge >= 0.3 is 0 Å². The quantitative estimate of drug-likeness (QED) is 0.650. The third kappa shape index (κ3) is 1.76. The molecule has 0 radical (unpaired) electrons. The van der Waals surface area contributed by atoms with Crippen LogP contribution in [0.2, 0.25) is 0 Å². The van der Waals surface area contributed by atoms with E-state index in [0.29, 0.717) is 0 Å². The molecule has 0 aliphatic rings. The van der Waals surface area contributed by atoms with E-state index in [9.17, 15) is 0 Å². The molecule has 58 valence electrons. The summed E-state index contributed by atoms with van der Waals surface area (Å²) in [4.78, 5) is 0. The van der Waals surface area contributed by atoms with E-state index in [4.69, 9.17) is 5.11 Å². The minimum Gasteiger partial charge on any atom is -0.400 e. The van der Waals surface area contributed by atoms with E-state index in [-0.39, 0.29) is 0 Å². The highest BCUT2D eigenvalue weighted by Crippen LogP contribution is 2.15. The van der Waals surface area contributed by atoms with E-state index < -0.39 is 0 Å². The highest BCUT2D eigenvalue weighted by Gasteiger charge is 1.89. The summed E-state index contributed by atoms with van der Waals surface area (Å²) in [6.45, 7) is 0. The van der Waals surface area contributed by atoms with Gasteiger partial charge in [-0.25, -0.2) is 0 Å². The molecular formula is C8H9NOS. The molecule has 0 unspecified atom stereocenters. The van der Waals surface area contributed by atoms with Gasteiger partial charge in [0.25, 0.3) is 0 Å². The second kappa shape index (κ2) is 4.05. The van der Waals surface area contributed by atoms with Gasteiger partial charge in [-0.1, -0.05) is 18.2 Å². The normalized spacial score (nSPS) is 8.91. The zero-order valence-corrected chi connectivity index (χ0v) is 7.01. The molecule has 0 bridgehead atoms. The minimum atomic E-state index is 1.00. The summed E-state index contributed by atoms with van der Waals surface area (Å²) in [5.74, 6) is 0. The lowest BCUT2D eigenvalue weighted by atomic mass is 10.3. The Bertz CT molecular complexity index is 288. The fraction of sp³-hybridized carbons (Fsp3) is 0.125. The molecule has 0 amide bonds. The fourth-order valence-electron chi connectivity index (χ4n) is 0.810. The van der Waals surface area contributed by atoms with Gasteiger partial charge in [-0.15, -0.1) is 0 Å². The lowest BCUT2D eigenvalue weighted by Crippen LogP contribution is -1.56. The molecule has 0 saturated heterocycles. The van der Waals surface area contributed by atoms with Crippen molar-refractivity contribution in [3.8, 4) is 0 Å². The van der Waals surface area contributed by atoms with E-state index in [1.165, 1.54) is 21.6 Å². The van der Waals surface area contributed by atoms with Gasteiger partial charge in [-0.2, -0.15) is 4.37 Å². The molecule has 2 nitrogen and oxygen atoms in total. The number of aliphatic hydroxyl groups is 1. The van der Waals surface area contributed by atoms with Crippen LogP contribution in [0.1, 0.15) is 0 Å². The molecule has 0 atom stereocenters. The summed E-state index contributed by atoms with van der Waals surface area (Å²) in [7, 11) is 1.00. The number of hydrogen-bond acceptors (Lipinski definition) is 3. The van der Waals surface area contributed by atoms with Crippen molar-refractivity contribution in [1.29, 1.82) is 0 Å². The first kappa shape index (κ1) is 8.17. The average Bonchev–Trinajstić information content (AvgIpc) is 2.55. The Morgan fingerprint density at radius 1 is 1.27 bits per heavy atom. The summed E-state index contributed by atoms with van der Waals surface area (Å²) < 4.78 is 5.30. The van der Waals surface area contributed by atoms with Crippen LogP contribution in [-0.2, 0) is 0 Å². The first-order chi connectivity index (χ1) is 5.47. The van der Waals surface area contributed by atoms with Gasteiger partial charge in [-0.3, -0.25) is 0 Å². The largest absolute Gasteiger partial charge is 0.400 e. The predicted octanol–water partition coefficient (Wildman–Crippen LogP) is 1.90. The van der Waals surface area contributed by atoms with Gasteiger partial charge in [0.1, 0.15) is 0 Å². The molecule has 0 aliphatic carbocycles. The van der Waals surface area contributed by atoms with Crippen LogP contribution in [0.3, 0.4) is 0 Å². The molecule has 1 aromatic carbocycles. The Morgan fingerprint density at radius 3 is 2.73 bits per heavy atom. The van der Waals surface area contributed by atoms with Gasteiger partial charge in [0.2, 0.25) is 0 Å². The Morgan fingerprint density at radius 2 is 2.00 bits per heavy atom. The van der Waals surface area contributed by atoms with E-state index in [1.807, 2.05) is 18.3 Å². The molecule has 3 heteroatoms. The monoisotopic (exact) mass is 167 g/mol. The third-order valence-electron chi connectivity index (χ3n) is 1.26. The molecule has 0 saturated carbocycles. The SMILES string of the molecule is CO.c1ccc2sncc2c1. The Balaban J connectivity index is 0.000000281. The average molecular weight is 167 g/mol. The van der Waals surface area contributed by atoms with E-state index in [1.54, 1.807) is 0 Å². The van der Waals surface area contributed by atoms with Gasteiger partial charge in [-0.05, 0) is 17.6 Å². The van der Waals surface area contributed by atoms with Crippen LogP contribution in [0.25, 0.3) is 10.1 Å². The first-order valence-corrected chi connectivity index (χ1v) is 3.98. The summed E-state index contributed by atoms with van der Waals surface area (Å²) in [5, 5.41) is 8.24. The van der Waals surface area contributed by atoms with Crippen molar-refractivity contribution in [3.05, 3.63) is 30.5 Å². The third-order valence-corrected chi connectivity index (χ3v) is 2.04. The van der Waals surface area contributed by atoms with Gasteiger partial charge < -0.3 is 5.11 Å². The van der Waals surface area contributed by atoms with Crippen LogP contribution < -0.4 is 0 Å². The maximum absolute atomic E-state index is 7.00. The number of aromatic nitrogens is 1.